The van der Waals surface area contributed by atoms with Gasteiger partial charge in [-0.3, -0.25) is 0 Å². The standard InChI is InChI=1S/C13H24N2S/c1-5-7-13(4,10-14-6-2)8-12-9-15-11(3)16-12/h9,14H,5-8,10H2,1-4H3. The van der Waals surface area contributed by atoms with Crippen LogP contribution in [0, 0.1) is 12.3 Å². The average Bonchev–Trinajstić information content (AvgIpc) is 2.61. The van der Waals surface area contributed by atoms with Crippen LogP contribution in [0.3, 0.4) is 0 Å². The molecule has 1 N–H and O–H groups in total. The van der Waals surface area contributed by atoms with Gasteiger partial charge in [-0.05, 0) is 31.7 Å². The van der Waals surface area contributed by atoms with Gasteiger partial charge in [0.1, 0.15) is 0 Å². The molecule has 1 aromatic rings. The van der Waals surface area contributed by atoms with Gasteiger partial charge in [0.2, 0.25) is 0 Å². The highest BCUT2D eigenvalue weighted by molar-refractivity contribution is 7.11. The van der Waals surface area contributed by atoms with Gasteiger partial charge in [0.05, 0.1) is 5.01 Å². The molecule has 2 nitrogen and oxygen atoms in total. The number of rotatable bonds is 7. The third-order valence-electron chi connectivity index (χ3n) is 2.93. The maximum atomic E-state index is 4.34. The maximum Gasteiger partial charge on any atom is 0.0896 e. The third kappa shape index (κ3) is 4.22. The quantitative estimate of drug-likeness (QED) is 0.790. The zero-order valence-electron chi connectivity index (χ0n) is 11.0. The molecule has 0 aliphatic heterocycles. The van der Waals surface area contributed by atoms with E-state index in [-0.39, 0.29) is 0 Å². The van der Waals surface area contributed by atoms with Crippen molar-refractivity contribution in [3.63, 3.8) is 0 Å². The molecular formula is C13H24N2S. The zero-order chi connectivity index (χ0) is 12.0. The fourth-order valence-electron chi connectivity index (χ4n) is 2.18. The van der Waals surface area contributed by atoms with Gasteiger partial charge in [0.15, 0.2) is 0 Å². The molecule has 0 fully saturated rings. The van der Waals surface area contributed by atoms with E-state index >= 15 is 0 Å². The molecule has 3 heteroatoms. The molecule has 0 amide bonds. The van der Waals surface area contributed by atoms with Crippen LogP contribution in [0.4, 0.5) is 0 Å². The molecule has 1 heterocycles. The second kappa shape index (κ2) is 6.36. The third-order valence-corrected chi connectivity index (χ3v) is 3.84. The van der Waals surface area contributed by atoms with Gasteiger partial charge < -0.3 is 5.32 Å². The van der Waals surface area contributed by atoms with Crippen LogP contribution in [-0.4, -0.2) is 18.1 Å². The van der Waals surface area contributed by atoms with E-state index in [9.17, 15) is 0 Å². The Kier molecular flexibility index (Phi) is 5.42. The molecule has 1 aromatic heterocycles. The number of hydrogen-bond donors (Lipinski definition) is 1. The lowest BCUT2D eigenvalue weighted by Crippen LogP contribution is -2.33. The molecule has 0 spiro atoms. The predicted octanol–water partition coefficient (Wildman–Crippen LogP) is 3.41. The summed E-state index contributed by atoms with van der Waals surface area (Å²) < 4.78 is 0. The lowest BCUT2D eigenvalue weighted by molar-refractivity contribution is 0.279. The highest BCUT2D eigenvalue weighted by Gasteiger charge is 2.24. The Balaban J connectivity index is 2.62. The zero-order valence-corrected chi connectivity index (χ0v) is 11.8. The van der Waals surface area contributed by atoms with Crippen molar-refractivity contribution < 1.29 is 0 Å². The molecule has 0 aromatic carbocycles. The van der Waals surface area contributed by atoms with Crippen molar-refractivity contribution in [3.8, 4) is 0 Å². The molecule has 0 saturated heterocycles. The Bertz CT molecular complexity index is 309. The molecular weight excluding hydrogens is 216 g/mol. The smallest absolute Gasteiger partial charge is 0.0896 e. The Labute approximate surface area is 103 Å². The van der Waals surface area contributed by atoms with Crippen molar-refractivity contribution >= 4 is 11.3 Å². The summed E-state index contributed by atoms with van der Waals surface area (Å²) in [5.41, 5.74) is 0.379. The minimum Gasteiger partial charge on any atom is -0.316 e. The first-order chi connectivity index (χ1) is 7.59. The number of thiazole rings is 1. The van der Waals surface area contributed by atoms with Crippen molar-refractivity contribution in [3.05, 3.63) is 16.1 Å². The van der Waals surface area contributed by atoms with E-state index < -0.39 is 0 Å². The molecule has 16 heavy (non-hydrogen) atoms. The predicted molar refractivity (Wildman–Crippen MR) is 72.1 cm³/mol. The monoisotopic (exact) mass is 240 g/mol. The van der Waals surface area contributed by atoms with Gasteiger partial charge >= 0.3 is 0 Å². The van der Waals surface area contributed by atoms with Gasteiger partial charge in [-0.25, -0.2) is 4.98 Å². The van der Waals surface area contributed by atoms with Crippen LogP contribution in [0.5, 0.6) is 0 Å². The summed E-state index contributed by atoms with van der Waals surface area (Å²) in [6.07, 6.45) is 5.72. The minimum atomic E-state index is 0.379. The number of nitrogens with zero attached hydrogens (tertiary/aromatic N) is 1. The molecule has 1 rings (SSSR count). The van der Waals surface area contributed by atoms with E-state index in [0.29, 0.717) is 5.41 Å². The minimum absolute atomic E-state index is 0.379. The largest absolute Gasteiger partial charge is 0.316 e. The summed E-state index contributed by atoms with van der Waals surface area (Å²) in [6, 6.07) is 0. The highest BCUT2D eigenvalue weighted by atomic mass is 32.1. The summed E-state index contributed by atoms with van der Waals surface area (Å²) in [4.78, 5) is 5.76. The molecule has 0 aliphatic carbocycles. The van der Waals surface area contributed by atoms with E-state index in [1.54, 1.807) is 0 Å². The first-order valence-corrected chi connectivity index (χ1v) is 7.03. The second-order valence-corrected chi connectivity index (χ2v) is 6.18. The normalized spacial score (nSPS) is 15.0. The van der Waals surface area contributed by atoms with Crippen LogP contribution in [-0.2, 0) is 6.42 Å². The van der Waals surface area contributed by atoms with Crippen LogP contribution in [0.25, 0.3) is 0 Å². The van der Waals surface area contributed by atoms with Gasteiger partial charge in [-0.15, -0.1) is 11.3 Å². The van der Waals surface area contributed by atoms with Gasteiger partial charge in [0.25, 0.3) is 0 Å². The fraction of sp³-hybridized carbons (Fsp3) is 0.769. The van der Waals surface area contributed by atoms with E-state index in [1.165, 1.54) is 22.7 Å². The number of nitrogens with one attached hydrogen (secondary N) is 1. The summed E-state index contributed by atoms with van der Waals surface area (Å²) in [5.74, 6) is 0. The van der Waals surface area contributed by atoms with E-state index in [4.69, 9.17) is 0 Å². The van der Waals surface area contributed by atoms with Crippen molar-refractivity contribution in [1.82, 2.24) is 10.3 Å². The van der Waals surface area contributed by atoms with E-state index in [0.717, 1.165) is 19.5 Å². The number of hydrogen-bond acceptors (Lipinski definition) is 3. The second-order valence-electron chi connectivity index (χ2n) is 4.86. The molecule has 0 radical (unpaired) electrons. The highest BCUT2D eigenvalue weighted by Crippen LogP contribution is 2.29. The van der Waals surface area contributed by atoms with Gasteiger partial charge in [-0.1, -0.05) is 27.2 Å². The van der Waals surface area contributed by atoms with Crippen LogP contribution in [0.2, 0.25) is 0 Å². The fourth-order valence-corrected chi connectivity index (χ4v) is 3.19. The first kappa shape index (κ1) is 13.7. The molecule has 0 saturated carbocycles. The molecule has 1 atom stereocenters. The van der Waals surface area contributed by atoms with Crippen LogP contribution < -0.4 is 5.32 Å². The summed E-state index contributed by atoms with van der Waals surface area (Å²) in [7, 11) is 0. The van der Waals surface area contributed by atoms with Crippen molar-refractivity contribution in [1.29, 1.82) is 0 Å². The maximum absolute atomic E-state index is 4.34. The Morgan fingerprint density at radius 2 is 2.19 bits per heavy atom. The average molecular weight is 240 g/mol. The lowest BCUT2D eigenvalue weighted by Gasteiger charge is -2.29. The Morgan fingerprint density at radius 3 is 2.69 bits per heavy atom. The van der Waals surface area contributed by atoms with Crippen LogP contribution >= 0.6 is 11.3 Å². The summed E-state index contributed by atoms with van der Waals surface area (Å²) >= 11 is 1.84. The Morgan fingerprint density at radius 1 is 1.44 bits per heavy atom. The van der Waals surface area contributed by atoms with E-state index in [2.05, 4.69) is 38.0 Å². The van der Waals surface area contributed by atoms with Crippen LogP contribution in [0.15, 0.2) is 6.20 Å². The SMILES string of the molecule is CCCC(C)(CNCC)Cc1cnc(C)s1. The van der Waals surface area contributed by atoms with Gasteiger partial charge in [-0.2, -0.15) is 0 Å². The lowest BCUT2D eigenvalue weighted by atomic mass is 9.82. The van der Waals surface area contributed by atoms with E-state index in [1.807, 2.05) is 17.5 Å². The summed E-state index contributed by atoms with van der Waals surface area (Å²) in [6.45, 7) is 11.1. The first-order valence-electron chi connectivity index (χ1n) is 6.21. The summed E-state index contributed by atoms with van der Waals surface area (Å²) in [5, 5.41) is 4.66. The number of aromatic nitrogens is 1. The van der Waals surface area contributed by atoms with Crippen molar-refractivity contribution in [2.45, 2.75) is 47.0 Å². The topological polar surface area (TPSA) is 24.9 Å². The molecule has 0 aliphatic rings. The Hall–Kier alpha value is -0.410. The molecule has 92 valence electrons. The van der Waals surface area contributed by atoms with Crippen molar-refractivity contribution in [2.75, 3.05) is 13.1 Å². The molecule has 1 unspecified atom stereocenters. The van der Waals surface area contributed by atoms with Gasteiger partial charge in [0, 0.05) is 17.6 Å². The van der Waals surface area contributed by atoms with Crippen LogP contribution in [0.1, 0.15) is 43.5 Å². The number of aryl methyl sites for hydroxylation is 1. The molecule has 0 bridgehead atoms. The van der Waals surface area contributed by atoms with Crippen molar-refractivity contribution in [2.24, 2.45) is 5.41 Å².